The van der Waals surface area contributed by atoms with Crippen LogP contribution in [0.15, 0.2) is 71.6 Å². The van der Waals surface area contributed by atoms with Crippen LogP contribution in [-0.2, 0) is 22.9 Å². The van der Waals surface area contributed by atoms with Gasteiger partial charge in [0.1, 0.15) is 5.82 Å². The van der Waals surface area contributed by atoms with E-state index in [4.69, 9.17) is 0 Å². The second kappa shape index (κ2) is 11.6. The first kappa shape index (κ1) is 28.9. The molecular formula is C30H35FN2O5S. The number of likely N-dealkylation sites (N-methyl/N-ethyl adjacent to an activating group) is 1. The Hall–Kier alpha value is -3.11. The molecule has 0 aliphatic heterocycles. The molecule has 208 valence electrons. The normalized spacial score (nSPS) is 14.9. The quantitative estimate of drug-likeness (QED) is 0.326. The highest BCUT2D eigenvalue weighted by molar-refractivity contribution is 7.89. The van der Waals surface area contributed by atoms with E-state index in [1.807, 2.05) is 0 Å². The fourth-order valence-electron chi connectivity index (χ4n) is 5.34. The van der Waals surface area contributed by atoms with Crippen molar-refractivity contribution in [3.63, 3.8) is 0 Å². The third kappa shape index (κ3) is 7.10. The number of aliphatic hydroxyl groups excluding tert-OH is 1. The predicted octanol–water partition coefficient (Wildman–Crippen LogP) is 4.35. The highest BCUT2D eigenvalue weighted by Gasteiger charge is 2.29. The monoisotopic (exact) mass is 554 g/mol. The van der Waals surface area contributed by atoms with Crippen molar-refractivity contribution in [1.82, 2.24) is 9.62 Å². The molecule has 9 heteroatoms. The number of nitrogens with one attached hydrogen (secondary N) is 1. The second-order valence-corrected chi connectivity index (χ2v) is 13.1. The summed E-state index contributed by atoms with van der Waals surface area (Å²) in [6.07, 6.45) is 2.07. The van der Waals surface area contributed by atoms with Crippen LogP contribution < -0.4 is 5.32 Å². The van der Waals surface area contributed by atoms with Gasteiger partial charge in [-0.1, -0.05) is 36.4 Å². The van der Waals surface area contributed by atoms with E-state index < -0.39 is 27.9 Å². The Kier molecular flexibility index (Phi) is 8.56. The summed E-state index contributed by atoms with van der Waals surface area (Å²) in [7, 11) is -2.57. The molecule has 39 heavy (non-hydrogen) atoms. The van der Waals surface area contributed by atoms with Gasteiger partial charge in [0.05, 0.1) is 16.6 Å². The number of sulfonamides is 1. The number of rotatable bonds is 11. The van der Waals surface area contributed by atoms with Gasteiger partial charge in [-0.25, -0.2) is 17.6 Å². The van der Waals surface area contributed by atoms with Crippen molar-refractivity contribution in [2.24, 2.45) is 5.92 Å². The smallest absolute Gasteiger partial charge is 0.335 e. The number of carboxylic acids is 1. The molecule has 1 aliphatic rings. The fraction of sp³-hybridized carbons (Fsp3) is 0.367. The minimum atomic E-state index is -3.97. The lowest BCUT2D eigenvalue weighted by molar-refractivity contribution is 0.0696. The minimum Gasteiger partial charge on any atom is -0.478 e. The Balaban J connectivity index is 1.37. The fourth-order valence-corrected chi connectivity index (χ4v) is 6.59. The topological polar surface area (TPSA) is 107 Å². The van der Waals surface area contributed by atoms with Gasteiger partial charge in [0.2, 0.25) is 10.0 Å². The summed E-state index contributed by atoms with van der Waals surface area (Å²) in [5.74, 6) is -1.49. The van der Waals surface area contributed by atoms with Crippen LogP contribution in [0.2, 0.25) is 0 Å². The molecule has 7 nitrogen and oxygen atoms in total. The lowest BCUT2D eigenvalue weighted by atomic mass is 9.88. The number of fused-ring (bicyclic) bond motifs is 1. The molecule has 0 amide bonds. The number of benzene rings is 3. The number of hydrogen-bond acceptors (Lipinski definition) is 5. The molecule has 0 radical (unpaired) electrons. The molecule has 0 saturated carbocycles. The lowest BCUT2D eigenvalue weighted by Crippen LogP contribution is -2.47. The van der Waals surface area contributed by atoms with E-state index in [0.29, 0.717) is 11.5 Å². The predicted molar refractivity (Wildman–Crippen MR) is 149 cm³/mol. The molecule has 0 aromatic heterocycles. The first-order valence-electron chi connectivity index (χ1n) is 12.9. The average Bonchev–Trinajstić information content (AvgIpc) is 3.28. The van der Waals surface area contributed by atoms with Gasteiger partial charge < -0.3 is 15.5 Å². The SMILES string of the molecule is CN(C[C@H](O)CNC(C)(C)CC1Cc2ccccc2C1)S(=O)(=O)c1cccc(-c2cc(F)cc(C(=O)O)c2)c1. The summed E-state index contributed by atoms with van der Waals surface area (Å²) in [6, 6.07) is 17.7. The van der Waals surface area contributed by atoms with Gasteiger partial charge in [0, 0.05) is 25.7 Å². The van der Waals surface area contributed by atoms with E-state index >= 15 is 0 Å². The van der Waals surface area contributed by atoms with Crippen LogP contribution in [0.3, 0.4) is 0 Å². The molecule has 0 bridgehead atoms. The molecule has 0 spiro atoms. The number of aliphatic hydroxyl groups is 1. The van der Waals surface area contributed by atoms with Crippen molar-refractivity contribution in [2.45, 2.75) is 49.6 Å². The summed E-state index contributed by atoms with van der Waals surface area (Å²) < 4.78 is 41.6. The number of β-amino-alcohol motifs (C(OH)–C–C–N with tert-alkyl or cyclic N) is 1. The number of halogens is 1. The molecule has 3 N–H and O–H groups in total. The molecular weight excluding hydrogens is 519 g/mol. The largest absolute Gasteiger partial charge is 0.478 e. The number of hydrogen-bond donors (Lipinski definition) is 3. The number of carbonyl (C=O) groups is 1. The first-order valence-corrected chi connectivity index (χ1v) is 14.4. The van der Waals surface area contributed by atoms with E-state index in [1.165, 1.54) is 42.4 Å². The van der Waals surface area contributed by atoms with Gasteiger partial charge in [-0.15, -0.1) is 0 Å². The van der Waals surface area contributed by atoms with E-state index in [1.54, 1.807) is 6.07 Å². The van der Waals surface area contributed by atoms with Crippen LogP contribution in [0.5, 0.6) is 0 Å². The van der Waals surface area contributed by atoms with Crippen molar-refractivity contribution >= 4 is 16.0 Å². The number of carboxylic acid groups (broad SMARTS) is 1. The average molecular weight is 555 g/mol. The van der Waals surface area contributed by atoms with Crippen LogP contribution in [0.1, 0.15) is 41.8 Å². The highest BCUT2D eigenvalue weighted by Crippen LogP contribution is 2.32. The maximum Gasteiger partial charge on any atom is 0.335 e. The van der Waals surface area contributed by atoms with Gasteiger partial charge in [-0.2, -0.15) is 4.31 Å². The number of aromatic carboxylic acids is 1. The van der Waals surface area contributed by atoms with Gasteiger partial charge in [-0.3, -0.25) is 0 Å². The van der Waals surface area contributed by atoms with Crippen molar-refractivity contribution < 1.29 is 27.8 Å². The van der Waals surface area contributed by atoms with E-state index in [2.05, 4.69) is 43.4 Å². The van der Waals surface area contributed by atoms with Crippen molar-refractivity contribution in [2.75, 3.05) is 20.1 Å². The van der Waals surface area contributed by atoms with Crippen LogP contribution in [0.25, 0.3) is 11.1 Å². The third-order valence-electron chi connectivity index (χ3n) is 7.24. The second-order valence-electron chi connectivity index (χ2n) is 11.0. The van der Waals surface area contributed by atoms with E-state index in [9.17, 15) is 27.8 Å². The molecule has 0 heterocycles. The summed E-state index contributed by atoms with van der Waals surface area (Å²) in [4.78, 5) is 11.3. The Morgan fingerprint density at radius 2 is 1.72 bits per heavy atom. The van der Waals surface area contributed by atoms with Crippen LogP contribution >= 0.6 is 0 Å². The van der Waals surface area contributed by atoms with E-state index in [-0.39, 0.29) is 34.7 Å². The maximum atomic E-state index is 14.0. The molecule has 3 aromatic rings. The zero-order chi connectivity index (χ0) is 28.4. The third-order valence-corrected chi connectivity index (χ3v) is 9.06. The zero-order valence-corrected chi connectivity index (χ0v) is 23.2. The Labute approximate surface area is 229 Å². The van der Waals surface area contributed by atoms with Crippen molar-refractivity contribution in [1.29, 1.82) is 0 Å². The first-order chi connectivity index (χ1) is 18.3. The molecule has 1 aliphatic carbocycles. The molecule has 0 unspecified atom stereocenters. The molecule has 1 atom stereocenters. The zero-order valence-electron chi connectivity index (χ0n) is 22.4. The van der Waals surface area contributed by atoms with Crippen LogP contribution in [-0.4, -0.2) is 60.7 Å². The summed E-state index contributed by atoms with van der Waals surface area (Å²) in [5.41, 5.74) is 2.95. The van der Waals surface area contributed by atoms with Gasteiger partial charge in [0.15, 0.2) is 0 Å². The summed E-state index contributed by atoms with van der Waals surface area (Å²) >= 11 is 0. The number of nitrogens with zero attached hydrogens (tertiary/aromatic N) is 1. The molecule has 0 saturated heterocycles. The minimum absolute atomic E-state index is 0.0371. The van der Waals surface area contributed by atoms with Crippen molar-refractivity contribution in [3.8, 4) is 11.1 Å². The lowest BCUT2D eigenvalue weighted by Gasteiger charge is -2.31. The molecule has 0 fully saturated rings. The Bertz CT molecular complexity index is 1430. The van der Waals surface area contributed by atoms with Gasteiger partial charge in [0.25, 0.3) is 0 Å². The Morgan fingerprint density at radius 3 is 2.36 bits per heavy atom. The van der Waals surface area contributed by atoms with Gasteiger partial charge in [-0.05, 0) is 91.6 Å². The van der Waals surface area contributed by atoms with Crippen LogP contribution in [0, 0.1) is 11.7 Å². The summed E-state index contributed by atoms with van der Waals surface area (Å²) in [6.45, 7) is 4.30. The molecule has 4 rings (SSSR count). The standard InChI is InChI=1S/C30H35FN2O5S/c1-30(2,17-20-11-21-7-4-5-8-22(21)12-20)32-18-27(34)19-33(3)39(37,38)28-10-6-9-23(16-28)24-13-25(29(35)36)15-26(31)14-24/h4-10,13-16,20,27,32,34H,11-12,17-19H2,1-3H3,(H,35,36)/t27-/m1/s1. The van der Waals surface area contributed by atoms with Crippen LogP contribution in [0.4, 0.5) is 4.39 Å². The summed E-state index contributed by atoms with van der Waals surface area (Å²) in [5, 5.41) is 23.3. The Morgan fingerprint density at radius 1 is 1.05 bits per heavy atom. The maximum absolute atomic E-state index is 14.0. The van der Waals surface area contributed by atoms with E-state index in [0.717, 1.165) is 35.7 Å². The van der Waals surface area contributed by atoms with Crippen molar-refractivity contribution in [3.05, 3.63) is 89.2 Å². The highest BCUT2D eigenvalue weighted by atomic mass is 32.2. The van der Waals surface area contributed by atoms with Gasteiger partial charge >= 0.3 is 5.97 Å². The molecule has 3 aromatic carbocycles.